The van der Waals surface area contributed by atoms with Gasteiger partial charge in [-0.05, 0) is 42.7 Å². The number of alkyl halides is 3. The molecule has 0 fully saturated rings. The minimum absolute atomic E-state index is 0.0379. The lowest BCUT2D eigenvalue weighted by Crippen LogP contribution is -2.14. The van der Waals surface area contributed by atoms with Gasteiger partial charge in [-0.15, -0.1) is 0 Å². The summed E-state index contributed by atoms with van der Waals surface area (Å²) in [6, 6.07) is 6.45. The summed E-state index contributed by atoms with van der Waals surface area (Å²) in [6.45, 7) is 2.04. The first-order valence-corrected chi connectivity index (χ1v) is 9.41. The Kier molecular flexibility index (Phi) is 5.11. The van der Waals surface area contributed by atoms with Crippen LogP contribution in [0.3, 0.4) is 0 Å². The van der Waals surface area contributed by atoms with Crippen molar-refractivity contribution >= 4 is 28.2 Å². The number of ether oxygens (including phenoxy) is 1. The van der Waals surface area contributed by atoms with Crippen molar-refractivity contribution in [2.24, 2.45) is 5.92 Å². The summed E-state index contributed by atoms with van der Waals surface area (Å²) in [5, 5.41) is 0.714. The van der Waals surface area contributed by atoms with Gasteiger partial charge in [0.15, 0.2) is 0 Å². The van der Waals surface area contributed by atoms with Gasteiger partial charge in [-0.25, -0.2) is 4.98 Å². The fourth-order valence-corrected chi connectivity index (χ4v) is 3.44. The van der Waals surface area contributed by atoms with E-state index in [9.17, 15) is 18.0 Å². The molecule has 0 saturated heterocycles. The molecule has 4 rings (SSSR count). The first-order valence-electron chi connectivity index (χ1n) is 9.04. The molecule has 0 bridgehead atoms. The van der Waals surface area contributed by atoms with Crippen LogP contribution in [0.4, 0.5) is 13.2 Å². The Labute approximate surface area is 174 Å². The molecule has 3 aromatic rings. The van der Waals surface area contributed by atoms with E-state index >= 15 is 0 Å². The number of benzene rings is 1. The normalized spacial score (nSPS) is 16.9. The number of aromatic nitrogens is 3. The highest BCUT2D eigenvalue weighted by Gasteiger charge is 2.35. The van der Waals surface area contributed by atoms with Gasteiger partial charge in [0.25, 0.3) is 5.56 Å². The van der Waals surface area contributed by atoms with Crippen molar-refractivity contribution in [3.63, 3.8) is 0 Å². The zero-order chi connectivity index (χ0) is 21.5. The van der Waals surface area contributed by atoms with E-state index in [1.807, 2.05) is 19.1 Å². The molecule has 1 aromatic carbocycles. The van der Waals surface area contributed by atoms with Gasteiger partial charge in [0.1, 0.15) is 17.6 Å². The number of hydrogen-bond donors (Lipinski definition) is 0. The topological polar surface area (TPSA) is 57.0 Å². The number of allylic oxidation sites excluding steroid dienone is 4. The molecule has 2 aromatic heterocycles. The first kappa shape index (κ1) is 20.2. The van der Waals surface area contributed by atoms with E-state index in [4.69, 9.17) is 16.3 Å². The molecule has 0 N–H and O–H groups in total. The highest BCUT2D eigenvalue weighted by atomic mass is 35.5. The monoisotopic (exact) mass is 433 g/mol. The third-order valence-electron chi connectivity index (χ3n) is 4.65. The molecule has 1 atom stereocenters. The Bertz CT molecular complexity index is 1250. The Morgan fingerprint density at radius 3 is 2.80 bits per heavy atom. The lowest BCUT2D eigenvalue weighted by Gasteiger charge is -2.19. The summed E-state index contributed by atoms with van der Waals surface area (Å²) in [5.74, 6) is -0.302. The molecule has 9 heteroatoms. The summed E-state index contributed by atoms with van der Waals surface area (Å²) in [7, 11) is 0. The molecule has 0 radical (unpaired) electrons. The molecular weight excluding hydrogens is 419 g/mol. The molecular formula is C21H15ClF3N3O2. The number of hydrogen-bond acceptors (Lipinski definition) is 4. The number of nitrogens with zero attached hydrogens (tertiary/aromatic N) is 3. The SMILES string of the molecule is CC1C=C(n2cnc(=O)c3cc(Oc4ncccc4C(F)(F)F)ccc32)C(Cl)=CC1. The maximum absolute atomic E-state index is 13.2. The average Bonchev–Trinajstić information content (AvgIpc) is 2.70. The quantitative estimate of drug-likeness (QED) is 0.539. The van der Waals surface area contributed by atoms with Crippen LogP contribution in [0.25, 0.3) is 16.6 Å². The van der Waals surface area contributed by atoms with E-state index < -0.39 is 23.2 Å². The van der Waals surface area contributed by atoms with Crippen molar-refractivity contribution in [2.45, 2.75) is 19.5 Å². The lowest BCUT2D eigenvalue weighted by molar-refractivity contribution is -0.138. The smallest absolute Gasteiger partial charge is 0.421 e. The summed E-state index contributed by atoms with van der Waals surface area (Å²) in [5.41, 5.74) is -0.350. The second kappa shape index (κ2) is 7.60. The van der Waals surface area contributed by atoms with E-state index in [0.29, 0.717) is 16.2 Å². The van der Waals surface area contributed by atoms with Crippen molar-refractivity contribution in [1.82, 2.24) is 14.5 Å². The van der Waals surface area contributed by atoms with Gasteiger partial charge in [-0.3, -0.25) is 9.36 Å². The number of fused-ring (bicyclic) bond motifs is 1. The highest BCUT2D eigenvalue weighted by Crippen LogP contribution is 2.37. The lowest BCUT2D eigenvalue weighted by atomic mass is 10.0. The van der Waals surface area contributed by atoms with Gasteiger partial charge in [-0.1, -0.05) is 30.7 Å². The Morgan fingerprint density at radius 1 is 1.23 bits per heavy atom. The van der Waals surface area contributed by atoms with Crippen LogP contribution in [-0.2, 0) is 6.18 Å². The standard InChI is InChI=1S/C21H15ClF3N3O2/c1-12-4-6-16(22)18(9-12)28-11-27-19(29)14-10-13(5-7-17(14)28)30-20-15(21(23,24)25)3-2-8-26-20/h2-3,5-12H,4H2,1H3. The highest BCUT2D eigenvalue weighted by molar-refractivity contribution is 6.36. The predicted octanol–water partition coefficient (Wildman–Crippen LogP) is 5.61. The molecule has 0 aliphatic heterocycles. The van der Waals surface area contributed by atoms with Crippen molar-refractivity contribution < 1.29 is 17.9 Å². The van der Waals surface area contributed by atoms with E-state index in [2.05, 4.69) is 9.97 Å². The fraction of sp³-hybridized carbons (Fsp3) is 0.190. The predicted molar refractivity (Wildman–Crippen MR) is 107 cm³/mol. The van der Waals surface area contributed by atoms with Gasteiger partial charge >= 0.3 is 6.18 Å². The minimum atomic E-state index is -4.62. The molecule has 30 heavy (non-hydrogen) atoms. The molecule has 2 heterocycles. The van der Waals surface area contributed by atoms with Crippen LogP contribution in [-0.4, -0.2) is 14.5 Å². The van der Waals surface area contributed by atoms with Crippen molar-refractivity contribution in [1.29, 1.82) is 0 Å². The first-order chi connectivity index (χ1) is 14.2. The van der Waals surface area contributed by atoms with Crippen LogP contribution in [0.5, 0.6) is 11.6 Å². The van der Waals surface area contributed by atoms with Crippen LogP contribution < -0.4 is 10.3 Å². The van der Waals surface area contributed by atoms with Gasteiger partial charge < -0.3 is 4.74 Å². The summed E-state index contributed by atoms with van der Waals surface area (Å²) < 4.78 is 46.6. The minimum Gasteiger partial charge on any atom is -0.438 e. The Morgan fingerprint density at radius 2 is 2.03 bits per heavy atom. The number of pyridine rings is 1. The van der Waals surface area contributed by atoms with Crippen molar-refractivity contribution in [3.05, 3.63) is 76.0 Å². The maximum Gasteiger partial charge on any atom is 0.421 e. The average molecular weight is 434 g/mol. The van der Waals surface area contributed by atoms with E-state index in [0.717, 1.165) is 12.5 Å². The largest absolute Gasteiger partial charge is 0.438 e. The molecule has 0 amide bonds. The Hall–Kier alpha value is -3.13. The van der Waals surface area contributed by atoms with Gasteiger partial charge in [0.2, 0.25) is 5.88 Å². The van der Waals surface area contributed by atoms with Crippen LogP contribution in [0.2, 0.25) is 0 Å². The zero-order valence-electron chi connectivity index (χ0n) is 15.7. The third kappa shape index (κ3) is 3.82. The second-order valence-corrected chi connectivity index (χ2v) is 7.28. The van der Waals surface area contributed by atoms with E-state index in [-0.39, 0.29) is 17.1 Å². The van der Waals surface area contributed by atoms with E-state index in [1.54, 1.807) is 10.6 Å². The van der Waals surface area contributed by atoms with Crippen LogP contribution in [0.15, 0.2) is 64.8 Å². The van der Waals surface area contributed by atoms with Crippen LogP contribution in [0.1, 0.15) is 18.9 Å². The summed E-state index contributed by atoms with van der Waals surface area (Å²) in [4.78, 5) is 19.9. The van der Waals surface area contributed by atoms with E-state index in [1.165, 1.54) is 30.7 Å². The Balaban J connectivity index is 1.79. The summed E-state index contributed by atoms with van der Waals surface area (Å²) in [6.07, 6.45) is 2.63. The van der Waals surface area contributed by atoms with Crippen molar-refractivity contribution in [3.8, 4) is 11.6 Å². The maximum atomic E-state index is 13.2. The molecule has 0 spiro atoms. The molecule has 1 aliphatic rings. The van der Waals surface area contributed by atoms with Gasteiger partial charge in [0.05, 0.1) is 21.6 Å². The zero-order valence-corrected chi connectivity index (χ0v) is 16.4. The van der Waals surface area contributed by atoms with Gasteiger partial charge in [-0.2, -0.15) is 18.2 Å². The summed E-state index contributed by atoms with van der Waals surface area (Å²) >= 11 is 6.35. The fourth-order valence-electron chi connectivity index (χ4n) is 3.20. The number of halogens is 4. The molecule has 1 aliphatic carbocycles. The molecule has 0 saturated carbocycles. The third-order valence-corrected chi connectivity index (χ3v) is 5.00. The molecule has 1 unspecified atom stereocenters. The number of rotatable bonds is 3. The van der Waals surface area contributed by atoms with Crippen LogP contribution >= 0.6 is 11.6 Å². The van der Waals surface area contributed by atoms with Gasteiger partial charge in [0, 0.05) is 6.20 Å². The molecule has 154 valence electrons. The molecule has 5 nitrogen and oxygen atoms in total. The second-order valence-electron chi connectivity index (χ2n) is 6.87. The van der Waals surface area contributed by atoms with Crippen molar-refractivity contribution in [2.75, 3.05) is 0 Å². The van der Waals surface area contributed by atoms with Crippen LogP contribution in [0, 0.1) is 5.92 Å².